The van der Waals surface area contributed by atoms with E-state index >= 15 is 0 Å². The molecule has 0 aliphatic carbocycles. The molecule has 1 aromatic heterocycles. The van der Waals surface area contributed by atoms with E-state index in [2.05, 4.69) is 37.1 Å². The van der Waals surface area contributed by atoms with Crippen molar-refractivity contribution in [2.24, 2.45) is 0 Å². The molecule has 0 bridgehead atoms. The predicted molar refractivity (Wildman–Crippen MR) is 74.9 cm³/mol. The van der Waals surface area contributed by atoms with Gasteiger partial charge in [-0.25, -0.2) is 0 Å². The summed E-state index contributed by atoms with van der Waals surface area (Å²) in [7, 11) is 0. The molecule has 1 aromatic rings. The second-order valence-electron chi connectivity index (χ2n) is 5.58. The minimum absolute atomic E-state index is 0.466. The molecule has 2 rings (SSSR count). The Hall–Kier alpha value is -0.800. The van der Waals surface area contributed by atoms with E-state index in [1.165, 1.54) is 31.5 Å². The summed E-state index contributed by atoms with van der Waals surface area (Å²) in [4.78, 5) is 2.59. The Bertz CT molecular complexity index is 386. The Morgan fingerprint density at radius 1 is 1.39 bits per heavy atom. The van der Waals surface area contributed by atoms with Crippen molar-refractivity contribution in [1.29, 1.82) is 0 Å². The van der Waals surface area contributed by atoms with E-state index in [0.717, 1.165) is 18.1 Å². The highest BCUT2D eigenvalue weighted by molar-refractivity contribution is 5.23. The summed E-state index contributed by atoms with van der Waals surface area (Å²) >= 11 is 0. The number of nitrogens with zero attached hydrogens (tertiary/aromatic N) is 1. The van der Waals surface area contributed by atoms with Gasteiger partial charge in [-0.2, -0.15) is 0 Å². The number of hydrogen-bond donors (Lipinski definition) is 1. The van der Waals surface area contributed by atoms with Gasteiger partial charge in [0, 0.05) is 24.2 Å². The first-order valence-electron chi connectivity index (χ1n) is 7.12. The lowest BCUT2D eigenvalue weighted by Crippen LogP contribution is -2.39. The van der Waals surface area contributed by atoms with Crippen molar-refractivity contribution >= 4 is 0 Å². The molecule has 1 aliphatic rings. The van der Waals surface area contributed by atoms with Crippen LogP contribution >= 0.6 is 0 Å². The Balaban J connectivity index is 2.06. The maximum atomic E-state index is 5.66. The molecule has 0 saturated carbocycles. The first-order valence-corrected chi connectivity index (χ1v) is 7.12. The van der Waals surface area contributed by atoms with Crippen LogP contribution in [0, 0.1) is 13.8 Å². The van der Waals surface area contributed by atoms with Crippen molar-refractivity contribution in [3.8, 4) is 0 Å². The molecule has 2 atom stereocenters. The number of rotatable bonds is 2. The lowest BCUT2D eigenvalue weighted by molar-refractivity contribution is 0.183. The molecular weight excluding hydrogens is 224 g/mol. The van der Waals surface area contributed by atoms with Gasteiger partial charge in [-0.05, 0) is 59.7 Å². The SMILES string of the molecule is Cc1cc(C(C)N2CCCNC(C)CC2)c(C)o1. The van der Waals surface area contributed by atoms with Gasteiger partial charge in [0.25, 0.3) is 0 Å². The van der Waals surface area contributed by atoms with E-state index in [1.807, 2.05) is 6.92 Å². The van der Waals surface area contributed by atoms with E-state index in [1.54, 1.807) is 0 Å². The summed E-state index contributed by atoms with van der Waals surface area (Å²) < 4.78 is 5.66. The molecule has 102 valence electrons. The van der Waals surface area contributed by atoms with Gasteiger partial charge in [-0.3, -0.25) is 4.90 Å². The zero-order chi connectivity index (χ0) is 13.1. The summed E-state index contributed by atoms with van der Waals surface area (Å²) in [6.45, 7) is 12.2. The topological polar surface area (TPSA) is 28.4 Å². The summed E-state index contributed by atoms with van der Waals surface area (Å²) in [5.74, 6) is 2.10. The van der Waals surface area contributed by atoms with Gasteiger partial charge >= 0.3 is 0 Å². The quantitative estimate of drug-likeness (QED) is 0.874. The molecule has 0 aromatic carbocycles. The first kappa shape index (κ1) is 13.6. The van der Waals surface area contributed by atoms with E-state index in [0.29, 0.717) is 12.1 Å². The highest BCUT2D eigenvalue weighted by Gasteiger charge is 2.21. The first-order chi connectivity index (χ1) is 8.58. The second-order valence-corrected chi connectivity index (χ2v) is 5.58. The average Bonchev–Trinajstić information content (AvgIpc) is 2.63. The third-order valence-electron chi connectivity index (χ3n) is 4.04. The fraction of sp³-hybridized carbons (Fsp3) is 0.733. The number of nitrogens with one attached hydrogen (secondary N) is 1. The van der Waals surface area contributed by atoms with Crippen molar-refractivity contribution in [1.82, 2.24) is 10.2 Å². The van der Waals surface area contributed by atoms with Gasteiger partial charge in [-0.15, -0.1) is 0 Å². The van der Waals surface area contributed by atoms with Crippen LogP contribution in [0.25, 0.3) is 0 Å². The van der Waals surface area contributed by atoms with Crippen LogP contribution in [0.3, 0.4) is 0 Å². The summed E-state index contributed by atoms with van der Waals surface area (Å²) in [6, 6.07) is 3.29. The van der Waals surface area contributed by atoms with Crippen LogP contribution in [0.5, 0.6) is 0 Å². The summed E-state index contributed by atoms with van der Waals surface area (Å²) in [5, 5.41) is 3.55. The van der Waals surface area contributed by atoms with E-state index in [-0.39, 0.29) is 0 Å². The number of aryl methyl sites for hydroxylation is 2. The van der Waals surface area contributed by atoms with Gasteiger partial charge in [0.15, 0.2) is 0 Å². The monoisotopic (exact) mass is 250 g/mol. The lowest BCUT2D eigenvalue weighted by Gasteiger charge is -2.32. The Labute approximate surface area is 111 Å². The van der Waals surface area contributed by atoms with E-state index in [9.17, 15) is 0 Å². The van der Waals surface area contributed by atoms with Crippen molar-refractivity contribution in [3.05, 3.63) is 23.2 Å². The van der Waals surface area contributed by atoms with Gasteiger partial charge < -0.3 is 9.73 Å². The largest absolute Gasteiger partial charge is 0.466 e. The van der Waals surface area contributed by atoms with Crippen molar-refractivity contribution in [2.75, 3.05) is 19.6 Å². The van der Waals surface area contributed by atoms with Crippen LogP contribution in [-0.4, -0.2) is 30.6 Å². The molecule has 2 unspecified atom stereocenters. The number of hydrogen-bond acceptors (Lipinski definition) is 3. The maximum absolute atomic E-state index is 5.66. The molecule has 0 amide bonds. The maximum Gasteiger partial charge on any atom is 0.105 e. The van der Waals surface area contributed by atoms with Crippen LogP contribution in [0.4, 0.5) is 0 Å². The highest BCUT2D eigenvalue weighted by atomic mass is 16.3. The predicted octanol–water partition coefficient (Wildman–Crippen LogP) is 3.03. The lowest BCUT2D eigenvalue weighted by atomic mass is 10.1. The summed E-state index contributed by atoms with van der Waals surface area (Å²) in [6.07, 6.45) is 2.45. The highest BCUT2D eigenvalue weighted by Crippen LogP contribution is 2.27. The van der Waals surface area contributed by atoms with Gasteiger partial charge in [0.05, 0.1) is 0 Å². The molecule has 0 radical (unpaired) electrons. The third kappa shape index (κ3) is 3.15. The zero-order valence-electron chi connectivity index (χ0n) is 12.1. The van der Waals surface area contributed by atoms with Crippen molar-refractivity contribution in [2.45, 2.75) is 52.6 Å². The fourth-order valence-electron chi connectivity index (χ4n) is 2.85. The van der Waals surface area contributed by atoms with Gasteiger partial charge in [0.2, 0.25) is 0 Å². The minimum Gasteiger partial charge on any atom is -0.466 e. The van der Waals surface area contributed by atoms with Crippen molar-refractivity contribution < 1.29 is 4.42 Å². The van der Waals surface area contributed by atoms with Crippen LogP contribution in [0.1, 0.15) is 49.8 Å². The minimum atomic E-state index is 0.466. The summed E-state index contributed by atoms with van der Waals surface area (Å²) in [5.41, 5.74) is 1.36. The molecular formula is C15H26N2O. The standard InChI is InChI=1S/C15H26N2O/c1-11-6-9-17(8-5-7-16-11)13(3)15-10-12(2)18-14(15)4/h10-11,13,16H,5-9H2,1-4H3. The fourth-order valence-corrected chi connectivity index (χ4v) is 2.85. The van der Waals surface area contributed by atoms with Gasteiger partial charge in [0.1, 0.15) is 11.5 Å². The Kier molecular flexibility index (Phi) is 4.46. The van der Waals surface area contributed by atoms with Crippen LogP contribution < -0.4 is 5.32 Å². The van der Waals surface area contributed by atoms with E-state index < -0.39 is 0 Å². The van der Waals surface area contributed by atoms with Crippen LogP contribution in [-0.2, 0) is 0 Å². The average molecular weight is 250 g/mol. The molecule has 1 saturated heterocycles. The molecule has 1 fully saturated rings. The Morgan fingerprint density at radius 3 is 2.83 bits per heavy atom. The van der Waals surface area contributed by atoms with Crippen LogP contribution in [0.2, 0.25) is 0 Å². The molecule has 3 heteroatoms. The van der Waals surface area contributed by atoms with Crippen LogP contribution in [0.15, 0.2) is 10.5 Å². The second kappa shape index (κ2) is 5.89. The van der Waals surface area contributed by atoms with Crippen molar-refractivity contribution in [3.63, 3.8) is 0 Å². The molecule has 1 aliphatic heterocycles. The smallest absolute Gasteiger partial charge is 0.105 e. The third-order valence-corrected chi connectivity index (χ3v) is 4.04. The molecule has 18 heavy (non-hydrogen) atoms. The Morgan fingerprint density at radius 2 is 2.17 bits per heavy atom. The number of furan rings is 1. The molecule has 0 spiro atoms. The molecule has 2 heterocycles. The van der Waals surface area contributed by atoms with E-state index in [4.69, 9.17) is 4.42 Å². The molecule has 3 nitrogen and oxygen atoms in total. The normalized spacial score (nSPS) is 24.6. The molecule has 1 N–H and O–H groups in total. The zero-order valence-corrected chi connectivity index (χ0v) is 12.1. The van der Waals surface area contributed by atoms with Gasteiger partial charge in [-0.1, -0.05) is 0 Å².